The molecule has 1 aliphatic heterocycles. The van der Waals surface area contributed by atoms with Crippen molar-refractivity contribution in [1.82, 2.24) is 4.90 Å². The SMILES string of the molecule is NC[C@@H]1CCCN(CCCc2ccccc2)C1. The van der Waals surface area contributed by atoms with E-state index in [-0.39, 0.29) is 0 Å². The Bertz CT molecular complexity index is 310. The molecule has 0 saturated carbocycles. The smallest absolute Gasteiger partial charge is 0.00217 e. The molecular weight excluding hydrogens is 208 g/mol. The van der Waals surface area contributed by atoms with E-state index < -0.39 is 0 Å². The zero-order chi connectivity index (χ0) is 11.9. The first kappa shape index (κ1) is 12.6. The summed E-state index contributed by atoms with van der Waals surface area (Å²) in [4.78, 5) is 2.59. The fraction of sp³-hybridized carbons (Fsp3) is 0.600. The molecule has 1 aromatic carbocycles. The van der Waals surface area contributed by atoms with E-state index in [9.17, 15) is 0 Å². The van der Waals surface area contributed by atoms with Crippen LogP contribution in [0.3, 0.4) is 0 Å². The lowest BCUT2D eigenvalue weighted by atomic mass is 9.98. The number of rotatable bonds is 5. The van der Waals surface area contributed by atoms with E-state index in [0.717, 1.165) is 12.5 Å². The van der Waals surface area contributed by atoms with Crippen LogP contribution < -0.4 is 5.73 Å². The van der Waals surface area contributed by atoms with Crippen molar-refractivity contribution in [2.45, 2.75) is 25.7 Å². The highest BCUT2D eigenvalue weighted by molar-refractivity contribution is 5.14. The molecule has 0 unspecified atom stereocenters. The van der Waals surface area contributed by atoms with Gasteiger partial charge in [-0.25, -0.2) is 0 Å². The summed E-state index contributed by atoms with van der Waals surface area (Å²) in [5.41, 5.74) is 7.22. The predicted octanol–water partition coefficient (Wildman–Crippen LogP) is 2.29. The molecule has 0 spiro atoms. The van der Waals surface area contributed by atoms with Crippen molar-refractivity contribution in [3.8, 4) is 0 Å². The summed E-state index contributed by atoms with van der Waals surface area (Å²) in [6.45, 7) is 4.57. The Hall–Kier alpha value is -0.860. The molecular formula is C15H24N2. The first-order valence-corrected chi connectivity index (χ1v) is 6.85. The molecule has 0 amide bonds. The van der Waals surface area contributed by atoms with E-state index in [4.69, 9.17) is 5.73 Å². The van der Waals surface area contributed by atoms with Gasteiger partial charge in [-0.3, -0.25) is 0 Å². The molecule has 2 rings (SSSR count). The van der Waals surface area contributed by atoms with Crippen molar-refractivity contribution in [3.63, 3.8) is 0 Å². The van der Waals surface area contributed by atoms with Gasteiger partial charge in [-0.05, 0) is 56.8 Å². The lowest BCUT2D eigenvalue weighted by Crippen LogP contribution is -2.38. The highest BCUT2D eigenvalue weighted by Gasteiger charge is 2.17. The van der Waals surface area contributed by atoms with E-state index in [0.29, 0.717) is 0 Å². The Morgan fingerprint density at radius 2 is 2.06 bits per heavy atom. The molecule has 1 saturated heterocycles. The zero-order valence-corrected chi connectivity index (χ0v) is 10.6. The maximum Gasteiger partial charge on any atom is 0.00217 e. The number of nitrogens with two attached hydrogens (primary N) is 1. The van der Waals surface area contributed by atoms with E-state index >= 15 is 0 Å². The van der Waals surface area contributed by atoms with Crippen LogP contribution in [0.25, 0.3) is 0 Å². The maximum atomic E-state index is 5.76. The molecule has 1 aromatic rings. The van der Waals surface area contributed by atoms with Crippen LogP contribution in [0.2, 0.25) is 0 Å². The van der Waals surface area contributed by atoms with Gasteiger partial charge < -0.3 is 10.6 Å². The van der Waals surface area contributed by atoms with Crippen molar-refractivity contribution in [2.75, 3.05) is 26.2 Å². The van der Waals surface area contributed by atoms with E-state index in [1.54, 1.807) is 0 Å². The second-order valence-corrected chi connectivity index (χ2v) is 5.13. The molecule has 1 heterocycles. The minimum atomic E-state index is 0.737. The fourth-order valence-electron chi connectivity index (χ4n) is 2.70. The summed E-state index contributed by atoms with van der Waals surface area (Å²) in [5.74, 6) is 0.737. The van der Waals surface area contributed by atoms with E-state index in [1.807, 2.05) is 0 Å². The lowest BCUT2D eigenvalue weighted by molar-refractivity contribution is 0.176. The summed E-state index contributed by atoms with van der Waals surface area (Å²) in [5, 5.41) is 0. The summed E-state index contributed by atoms with van der Waals surface area (Å²) < 4.78 is 0. The Balaban J connectivity index is 1.68. The minimum absolute atomic E-state index is 0.737. The number of nitrogens with zero attached hydrogens (tertiary/aromatic N) is 1. The van der Waals surface area contributed by atoms with Gasteiger partial charge in [-0.15, -0.1) is 0 Å². The van der Waals surface area contributed by atoms with Crippen LogP contribution in [0.1, 0.15) is 24.8 Å². The highest BCUT2D eigenvalue weighted by Crippen LogP contribution is 2.15. The number of hydrogen-bond acceptors (Lipinski definition) is 2. The van der Waals surface area contributed by atoms with Crippen LogP contribution in [-0.4, -0.2) is 31.1 Å². The third-order valence-corrected chi connectivity index (χ3v) is 3.72. The van der Waals surface area contributed by atoms with Gasteiger partial charge in [0.15, 0.2) is 0 Å². The standard InChI is InChI=1S/C15H24N2/c16-12-15-9-5-11-17(13-15)10-4-8-14-6-2-1-3-7-14/h1-3,6-7,15H,4-5,8-13,16H2/t15-/m0/s1. The molecule has 1 fully saturated rings. The average molecular weight is 232 g/mol. The van der Waals surface area contributed by atoms with Crippen molar-refractivity contribution in [2.24, 2.45) is 11.7 Å². The van der Waals surface area contributed by atoms with Gasteiger partial charge in [0.05, 0.1) is 0 Å². The quantitative estimate of drug-likeness (QED) is 0.844. The van der Waals surface area contributed by atoms with Crippen LogP contribution in [0.5, 0.6) is 0 Å². The molecule has 0 bridgehead atoms. The summed E-state index contributed by atoms with van der Waals surface area (Å²) in [6.07, 6.45) is 5.12. The van der Waals surface area contributed by atoms with Gasteiger partial charge in [-0.2, -0.15) is 0 Å². The largest absolute Gasteiger partial charge is 0.330 e. The molecule has 1 atom stereocenters. The Morgan fingerprint density at radius 1 is 1.24 bits per heavy atom. The number of piperidine rings is 1. The first-order chi connectivity index (χ1) is 8.38. The maximum absolute atomic E-state index is 5.76. The number of aryl methyl sites for hydroxylation is 1. The number of benzene rings is 1. The van der Waals surface area contributed by atoms with Gasteiger partial charge in [0.1, 0.15) is 0 Å². The number of hydrogen-bond donors (Lipinski definition) is 1. The van der Waals surface area contributed by atoms with Crippen LogP contribution >= 0.6 is 0 Å². The first-order valence-electron chi connectivity index (χ1n) is 6.85. The summed E-state index contributed by atoms with van der Waals surface area (Å²) >= 11 is 0. The third kappa shape index (κ3) is 4.14. The lowest BCUT2D eigenvalue weighted by Gasteiger charge is -2.32. The molecule has 2 nitrogen and oxygen atoms in total. The predicted molar refractivity (Wildman–Crippen MR) is 73.0 cm³/mol. The van der Waals surface area contributed by atoms with Gasteiger partial charge in [0, 0.05) is 6.54 Å². The molecule has 0 radical (unpaired) electrons. The summed E-state index contributed by atoms with van der Waals surface area (Å²) in [7, 11) is 0. The molecule has 2 heteroatoms. The minimum Gasteiger partial charge on any atom is -0.330 e. The summed E-state index contributed by atoms with van der Waals surface area (Å²) in [6, 6.07) is 10.8. The second-order valence-electron chi connectivity index (χ2n) is 5.13. The molecule has 17 heavy (non-hydrogen) atoms. The van der Waals surface area contributed by atoms with Crippen LogP contribution in [0.15, 0.2) is 30.3 Å². The van der Waals surface area contributed by atoms with Gasteiger partial charge >= 0.3 is 0 Å². The molecule has 0 aromatic heterocycles. The monoisotopic (exact) mass is 232 g/mol. The highest BCUT2D eigenvalue weighted by atomic mass is 15.1. The van der Waals surface area contributed by atoms with Crippen LogP contribution in [0.4, 0.5) is 0 Å². The average Bonchev–Trinajstić information content (AvgIpc) is 2.40. The Labute approximate surface area is 105 Å². The molecule has 94 valence electrons. The van der Waals surface area contributed by atoms with Gasteiger partial charge in [-0.1, -0.05) is 30.3 Å². The topological polar surface area (TPSA) is 29.3 Å². The van der Waals surface area contributed by atoms with Gasteiger partial charge in [0.2, 0.25) is 0 Å². The zero-order valence-electron chi connectivity index (χ0n) is 10.6. The molecule has 0 aliphatic carbocycles. The van der Waals surface area contributed by atoms with Crippen molar-refractivity contribution in [3.05, 3.63) is 35.9 Å². The normalized spacial score (nSPS) is 21.6. The fourth-order valence-corrected chi connectivity index (χ4v) is 2.70. The van der Waals surface area contributed by atoms with Crippen molar-refractivity contribution < 1.29 is 0 Å². The van der Waals surface area contributed by atoms with Crippen molar-refractivity contribution >= 4 is 0 Å². The molecule has 2 N–H and O–H groups in total. The Morgan fingerprint density at radius 3 is 2.82 bits per heavy atom. The van der Waals surface area contributed by atoms with E-state index in [2.05, 4.69) is 35.2 Å². The van der Waals surface area contributed by atoms with Crippen molar-refractivity contribution in [1.29, 1.82) is 0 Å². The number of likely N-dealkylation sites (tertiary alicyclic amines) is 1. The second kappa shape index (κ2) is 6.77. The molecule has 1 aliphatic rings. The van der Waals surface area contributed by atoms with Gasteiger partial charge in [0.25, 0.3) is 0 Å². The van der Waals surface area contributed by atoms with Crippen LogP contribution in [0, 0.1) is 5.92 Å². The third-order valence-electron chi connectivity index (χ3n) is 3.72. The van der Waals surface area contributed by atoms with Crippen LogP contribution in [-0.2, 0) is 6.42 Å². The Kier molecular flexibility index (Phi) is 5.02. The van der Waals surface area contributed by atoms with E-state index in [1.165, 1.54) is 50.9 Å².